The van der Waals surface area contributed by atoms with Gasteiger partial charge in [-0.05, 0) is 22.9 Å². The molecule has 1 fully saturated rings. The molecule has 4 N–H and O–H groups in total. The smallest absolute Gasteiger partial charge is 0.164 e. The Bertz CT molecular complexity index is 632. The van der Waals surface area contributed by atoms with Crippen molar-refractivity contribution in [3.05, 3.63) is 17.0 Å². The molecule has 3 heterocycles. The quantitative estimate of drug-likeness (QED) is 0.700. The molecular weight excluding hydrogens is 316 g/mol. The van der Waals surface area contributed by atoms with E-state index in [2.05, 4.69) is 25.9 Å². The van der Waals surface area contributed by atoms with Gasteiger partial charge in [0.15, 0.2) is 6.23 Å². The normalized spacial score (nSPS) is 31.2. The van der Waals surface area contributed by atoms with Gasteiger partial charge in [-0.2, -0.15) is 0 Å². The molecule has 19 heavy (non-hydrogen) atoms. The van der Waals surface area contributed by atoms with Gasteiger partial charge in [-0.15, -0.1) is 0 Å². The largest absolute Gasteiger partial charge is 0.388 e. The molecule has 1 saturated heterocycles. The number of nitrogens with zero attached hydrogens (tertiary/aromatic N) is 3. The van der Waals surface area contributed by atoms with Crippen LogP contribution in [0.15, 0.2) is 17.0 Å². The van der Waals surface area contributed by atoms with Crippen LogP contribution >= 0.6 is 15.9 Å². The highest BCUT2D eigenvalue weighted by Gasteiger charge is 2.42. The van der Waals surface area contributed by atoms with Gasteiger partial charge in [-0.1, -0.05) is 0 Å². The Morgan fingerprint density at radius 2 is 2.11 bits per heavy atom. The summed E-state index contributed by atoms with van der Waals surface area (Å²) in [7, 11) is 0. The number of nitrogen functional groups attached to an aromatic ring is 1. The van der Waals surface area contributed by atoms with Crippen molar-refractivity contribution in [2.24, 2.45) is 0 Å². The second-order valence-corrected chi connectivity index (χ2v) is 5.41. The van der Waals surface area contributed by atoms with E-state index in [1.54, 1.807) is 17.7 Å². The summed E-state index contributed by atoms with van der Waals surface area (Å²) in [6, 6.07) is 0. The van der Waals surface area contributed by atoms with Crippen LogP contribution in [0.25, 0.3) is 11.0 Å². The number of nitrogens with two attached hydrogens (primary N) is 1. The van der Waals surface area contributed by atoms with Gasteiger partial charge < -0.3 is 25.3 Å². The maximum absolute atomic E-state index is 10.0. The molecule has 2 aromatic rings. The number of aliphatic hydroxyl groups excluding tert-OH is 2. The van der Waals surface area contributed by atoms with Gasteiger partial charge in [-0.3, -0.25) is 0 Å². The molecule has 0 spiro atoms. The van der Waals surface area contributed by atoms with E-state index in [9.17, 15) is 10.2 Å². The summed E-state index contributed by atoms with van der Waals surface area (Å²) in [6.07, 6.45) is -0.0338. The van der Waals surface area contributed by atoms with E-state index in [0.717, 1.165) is 0 Å². The lowest BCUT2D eigenvalue weighted by Gasteiger charge is -2.17. The molecule has 7 nitrogen and oxygen atoms in total. The van der Waals surface area contributed by atoms with Crippen LogP contribution in [0.5, 0.6) is 0 Å². The van der Waals surface area contributed by atoms with E-state index in [0.29, 0.717) is 21.3 Å². The molecule has 0 bridgehead atoms. The number of anilines is 1. The molecule has 0 aromatic carbocycles. The number of ether oxygens (including phenoxy) is 1. The fourth-order valence-corrected chi connectivity index (χ4v) is 2.91. The van der Waals surface area contributed by atoms with E-state index in [1.807, 2.05) is 0 Å². The second kappa shape index (κ2) is 4.41. The fourth-order valence-electron chi connectivity index (χ4n) is 2.31. The summed E-state index contributed by atoms with van der Waals surface area (Å²) in [6.45, 7) is 1.71. The van der Waals surface area contributed by atoms with Crippen LogP contribution in [0.1, 0.15) is 13.2 Å². The number of hydrogen-bond donors (Lipinski definition) is 3. The molecule has 2 aromatic heterocycles. The summed E-state index contributed by atoms with van der Waals surface area (Å²) in [5.74, 6) is 0.344. The minimum absolute atomic E-state index is 0.344. The summed E-state index contributed by atoms with van der Waals surface area (Å²) < 4.78 is 7.94. The number of hydrogen-bond acceptors (Lipinski definition) is 6. The molecule has 8 heteroatoms. The van der Waals surface area contributed by atoms with Crippen molar-refractivity contribution in [1.29, 1.82) is 0 Å². The zero-order valence-electron chi connectivity index (χ0n) is 10.1. The average molecular weight is 329 g/mol. The van der Waals surface area contributed by atoms with Crippen molar-refractivity contribution in [3.63, 3.8) is 0 Å². The lowest BCUT2D eigenvalue weighted by molar-refractivity contribution is -0.0296. The molecule has 3 rings (SSSR count). The molecule has 1 aliphatic rings. The Morgan fingerprint density at radius 1 is 1.37 bits per heavy atom. The predicted molar refractivity (Wildman–Crippen MR) is 71.2 cm³/mol. The molecule has 0 amide bonds. The summed E-state index contributed by atoms with van der Waals surface area (Å²) in [5, 5.41) is 20.5. The Kier molecular flexibility index (Phi) is 2.97. The molecule has 0 unspecified atom stereocenters. The van der Waals surface area contributed by atoms with E-state index in [1.165, 1.54) is 6.33 Å². The van der Waals surface area contributed by atoms with Gasteiger partial charge in [0.25, 0.3) is 0 Å². The Hall–Kier alpha value is -1.22. The maximum Gasteiger partial charge on any atom is 0.164 e. The Labute approximate surface area is 117 Å². The SMILES string of the molecule is C[C@@H]1O[C@@H](n2cc(Br)c3c(N)ncnc32)[C@H](O)[C@@H]1O. The lowest BCUT2D eigenvalue weighted by atomic mass is 10.1. The number of aromatic nitrogens is 3. The average Bonchev–Trinajstić information content (AvgIpc) is 2.83. The molecule has 102 valence electrons. The highest BCUT2D eigenvalue weighted by molar-refractivity contribution is 9.10. The van der Waals surface area contributed by atoms with Crippen molar-refractivity contribution in [2.45, 2.75) is 31.5 Å². The molecule has 0 radical (unpaired) electrons. The topological polar surface area (TPSA) is 106 Å². The zero-order chi connectivity index (χ0) is 13.7. The molecule has 0 aliphatic carbocycles. The van der Waals surface area contributed by atoms with Gasteiger partial charge in [0.05, 0.1) is 11.5 Å². The third-order valence-corrected chi connectivity index (χ3v) is 3.94. The number of fused-ring (bicyclic) bond motifs is 1. The zero-order valence-corrected chi connectivity index (χ0v) is 11.6. The van der Waals surface area contributed by atoms with Crippen LogP contribution in [-0.2, 0) is 4.74 Å². The number of halogens is 1. The van der Waals surface area contributed by atoms with Crippen molar-refractivity contribution in [3.8, 4) is 0 Å². The summed E-state index contributed by atoms with van der Waals surface area (Å²) >= 11 is 3.39. The highest BCUT2D eigenvalue weighted by Crippen LogP contribution is 2.36. The first-order valence-corrected chi connectivity index (χ1v) is 6.58. The fraction of sp³-hybridized carbons (Fsp3) is 0.455. The van der Waals surface area contributed by atoms with Crippen LogP contribution in [-0.4, -0.2) is 43.1 Å². The highest BCUT2D eigenvalue weighted by atomic mass is 79.9. The first-order chi connectivity index (χ1) is 9.00. The predicted octanol–water partition coefficient (Wildman–Crippen LogP) is 0.415. The number of aliphatic hydroxyl groups is 2. The number of rotatable bonds is 1. The van der Waals surface area contributed by atoms with Crippen molar-refractivity contribution >= 4 is 32.8 Å². The first kappa shape index (κ1) is 12.8. The summed E-state index contributed by atoms with van der Waals surface area (Å²) in [4.78, 5) is 8.09. The second-order valence-electron chi connectivity index (χ2n) is 4.55. The van der Waals surface area contributed by atoms with Gasteiger partial charge >= 0.3 is 0 Å². The molecular formula is C11H13BrN4O3. The standard InChI is InChI=1S/C11H13BrN4O3/c1-4-7(17)8(18)11(19-4)16-2-5(12)6-9(13)14-3-15-10(6)16/h2-4,7-8,11,17-18H,1H3,(H2,13,14,15)/t4-,7+,8+,11+/m0/s1. The van der Waals surface area contributed by atoms with Gasteiger partial charge in [0.2, 0.25) is 0 Å². The van der Waals surface area contributed by atoms with Crippen LogP contribution in [0.4, 0.5) is 5.82 Å². The molecule has 0 saturated carbocycles. The van der Waals surface area contributed by atoms with Gasteiger partial charge in [0.1, 0.15) is 30.0 Å². The third kappa shape index (κ3) is 1.83. The minimum atomic E-state index is -1.02. The summed E-state index contributed by atoms with van der Waals surface area (Å²) in [5.41, 5.74) is 6.36. The van der Waals surface area contributed by atoms with Crippen LogP contribution < -0.4 is 5.73 Å². The minimum Gasteiger partial charge on any atom is -0.388 e. The van der Waals surface area contributed by atoms with E-state index in [4.69, 9.17) is 10.5 Å². The molecule has 4 atom stereocenters. The Morgan fingerprint density at radius 3 is 2.74 bits per heavy atom. The Balaban J connectivity index is 2.14. The lowest BCUT2D eigenvalue weighted by Crippen LogP contribution is -2.30. The van der Waals surface area contributed by atoms with Crippen molar-refractivity contribution < 1.29 is 14.9 Å². The van der Waals surface area contributed by atoms with E-state index >= 15 is 0 Å². The monoisotopic (exact) mass is 328 g/mol. The van der Waals surface area contributed by atoms with Crippen LogP contribution in [0.2, 0.25) is 0 Å². The van der Waals surface area contributed by atoms with E-state index in [-0.39, 0.29) is 0 Å². The van der Waals surface area contributed by atoms with Gasteiger partial charge in [0, 0.05) is 10.7 Å². The van der Waals surface area contributed by atoms with Crippen LogP contribution in [0.3, 0.4) is 0 Å². The van der Waals surface area contributed by atoms with Crippen LogP contribution in [0, 0.1) is 0 Å². The third-order valence-electron chi connectivity index (χ3n) is 3.34. The van der Waals surface area contributed by atoms with Gasteiger partial charge in [-0.25, -0.2) is 9.97 Å². The van der Waals surface area contributed by atoms with Crippen molar-refractivity contribution in [1.82, 2.24) is 14.5 Å². The maximum atomic E-state index is 10.0. The van der Waals surface area contributed by atoms with E-state index < -0.39 is 24.5 Å². The molecule has 1 aliphatic heterocycles. The first-order valence-electron chi connectivity index (χ1n) is 5.79. The van der Waals surface area contributed by atoms with Crippen molar-refractivity contribution in [2.75, 3.05) is 5.73 Å².